The first-order valence-corrected chi connectivity index (χ1v) is 6.59. The Hall–Kier alpha value is -0.570. The average molecular weight is 226 g/mol. The first-order chi connectivity index (χ1) is 7.56. The molecule has 1 rings (SSSR count). The number of nitrogens with two attached hydrogens (primary N) is 1. The smallest absolute Gasteiger partial charge is 0.237 e. The molecule has 0 spiro atoms. The van der Waals surface area contributed by atoms with Crippen LogP contribution in [-0.4, -0.2) is 18.5 Å². The normalized spacial score (nSPS) is 28.8. The molecule has 1 aliphatic rings. The summed E-state index contributed by atoms with van der Waals surface area (Å²) in [6.07, 6.45) is 4.81. The fourth-order valence-electron chi connectivity index (χ4n) is 2.39. The van der Waals surface area contributed by atoms with E-state index in [-0.39, 0.29) is 17.9 Å². The van der Waals surface area contributed by atoms with Crippen LogP contribution in [0.15, 0.2) is 0 Å². The molecule has 3 nitrogen and oxygen atoms in total. The van der Waals surface area contributed by atoms with Crippen LogP contribution in [0.25, 0.3) is 0 Å². The molecule has 0 aromatic heterocycles. The number of rotatable bonds is 5. The van der Waals surface area contributed by atoms with Crippen molar-refractivity contribution in [1.82, 2.24) is 5.32 Å². The molecule has 0 saturated heterocycles. The Morgan fingerprint density at radius 3 is 2.69 bits per heavy atom. The maximum atomic E-state index is 11.8. The Balaban J connectivity index is 2.29. The van der Waals surface area contributed by atoms with Crippen LogP contribution >= 0.6 is 0 Å². The molecule has 0 aromatic rings. The molecular weight excluding hydrogens is 200 g/mol. The van der Waals surface area contributed by atoms with Crippen LogP contribution in [0.5, 0.6) is 0 Å². The lowest BCUT2D eigenvalue weighted by Gasteiger charge is -2.20. The molecule has 0 aliphatic heterocycles. The van der Waals surface area contributed by atoms with Gasteiger partial charge in [0.15, 0.2) is 0 Å². The lowest BCUT2D eigenvalue weighted by atomic mass is 9.96. The van der Waals surface area contributed by atoms with E-state index in [1.54, 1.807) is 0 Å². The van der Waals surface area contributed by atoms with Crippen LogP contribution < -0.4 is 11.1 Å². The number of amides is 1. The van der Waals surface area contributed by atoms with Gasteiger partial charge in [0.05, 0.1) is 6.04 Å². The van der Waals surface area contributed by atoms with Crippen molar-refractivity contribution in [3.05, 3.63) is 0 Å². The van der Waals surface area contributed by atoms with E-state index in [9.17, 15) is 4.79 Å². The van der Waals surface area contributed by atoms with Crippen LogP contribution in [0.1, 0.15) is 46.5 Å². The second-order valence-corrected chi connectivity index (χ2v) is 5.32. The molecule has 94 valence electrons. The van der Waals surface area contributed by atoms with E-state index in [0.717, 1.165) is 18.9 Å². The van der Waals surface area contributed by atoms with Gasteiger partial charge in [0.2, 0.25) is 5.91 Å². The van der Waals surface area contributed by atoms with Gasteiger partial charge in [0.1, 0.15) is 0 Å². The molecule has 4 atom stereocenters. The minimum absolute atomic E-state index is 0.0217. The third kappa shape index (κ3) is 3.48. The molecule has 3 unspecified atom stereocenters. The predicted molar refractivity (Wildman–Crippen MR) is 66.9 cm³/mol. The Morgan fingerprint density at radius 1 is 1.50 bits per heavy atom. The third-order valence-electron chi connectivity index (χ3n) is 4.14. The zero-order valence-corrected chi connectivity index (χ0v) is 10.8. The maximum Gasteiger partial charge on any atom is 0.237 e. The number of hydrogen-bond acceptors (Lipinski definition) is 2. The molecule has 3 N–H and O–H groups in total. The highest BCUT2D eigenvalue weighted by Gasteiger charge is 2.25. The highest BCUT2D eigenvalue weighted by Crippen LogP contribution is 2.30. The Morgan fingerprint density at radius 2 is 2.19 bits per heavy atom. The van der Waals surface area contributed by atoms with Crippen LogP contribution in [0.3, 0.4) is 0 Å². The van der Waals surface area contributed by atoms with Crippen molar-refractivity contribution in [1.29, 1.82) is 0 Å². The monoisotopic (exact) mass is 226 g/mol. The quantitative estimate of drug-likeness (QED) is 0.752. The summed E-state index contributed by atoms with van der Waals surface area (Å²) in [6.45, 7) is 7.18. The van der Waals surface area contributed by atoms with E-state index in [4.69, 9.17) is 5.73 Å². The van der Waals surface area contributed by atoms with E-state index < -0.39 is 0 Å². The Bertz CT molecular complexity index is 230. The summed E-state index contributed by atoms with van der Waals surface area (Å²) in [4.78, 5) is 11.8. The Labute approximate surface area is 99.2 Å². The number of hydrogen-bond donors (Lipinski definition) is 2. The van der Waals surface area contributed by atoms with Crippen molar-refractivity contribution >= 4 is 5.91 Å². The number of carbonyl (C=O) groups excluding carboxylic acids is 1. The van der Waals surface area contributed by atoms with Gasteiger partial charge in [-0.2, -0.15) is 0 Å². The van der Waals surface area contributed by atoms with Crippen molar-refractivity contribution < 1.29 is 4.79 Å². The summed E-state index contributed by atoms with van der Waals surface area (Å²) in [5.74, 6) is 1.70. The van der Waals surface area contributed by atoms with E-state index in [1.165, 1.54) is 19.3 Å². The molecule has 1 aliphatic carbocycles. The van der Waals surface area contributed by atoms with Crippen molar-refractivity contribution in [3.63, 3.8) is 0 Å². The zero-order chi connectivity index (χ0) is 12.1. The highest BCUT2D eigenvalue weighted by molar-refractivity contribution is 5.81. The summed E-state index contributed by atoms with van der Waals surface area (Å²) in [6, 6.07) is -0.346. The van der Waals surface area contributed by atoms with E-state index in [0.29, 0.717) is 5.92 Å². The summed E-state index contributed by atoms with van der Waals surface area (Å²) in [5.41, 5.74) is 5.88. The number of nitrogens with one attached hydrogen (secondary N) is 1. The summed E-state index contributed by atoms with van der Waals surface area (Å²) in [5, 5.41) is 3.01. The second kappa shape index (κ2) is 6.24. The minimum atomic E-state index is -0.346. The predicted octanol–water partition coefficient (Wildman–Crippen LogP) is 1.91. The molecule has 3 heteroatoms. The fraction of sp³-hybridized carbons (Fsp3) is 0.923. The summed E-state index contributed by atoms with van der Waals surface area (Å²) >= 11 is 0. The molecule has 0 bridgehead atoms. The van der Waals surface area contributed by atoms with Gasteiger partial charge in [-0.05, 0) is 24.2 Å². The molecule has 1 fully saturated rings. The lowest BCUT2D eigenvalue weighted by Crippen LogP contribution is -2.46. The van der Waals surface area contributed by atoms with Gasteiger partial charge in [-0.3, -0.25) is 4.79 Å². The Kier molecular flexibility index (Phi) is 5.26. The van der Waals surface area contributed by atoms with E-state index in [1.807, 2.05) is 6.92 Å². The third-order valence-corrected chi connectivity index (χ3v) is 4.14. The average Bonchev–Trinajstić information content (AvgIpc) is 2.69. The van der Waals surface area contributed by atoms with Gasteiger partial charge in [-0.25, -0.2) is 0 Å². The van der Waals surface area contributed by atoms with Crippen LogP contribution in [0, 0.1) is 17.8 Å². The molecule has 16 heavy (non-hydrogen) atoms. The van der Waals surface area contributed by atoms with E-state index >= 15 is 0 Å². The summed E-state index contributed by atoms with van der Waals surface area (Å²) < 4.78 is 0. The van der Waals surface area contributed by atoms with Gasteiger partial charge < -0.3 is 11.1 Å². The van der Waals surface area contributed by atoms with Gasteiger partial charge in [-0.1, -0.05) is 40.0 Å². The van der Waals surface area contributed by atoms with Crippen molar-refractivity contribution in [2.75, 3.05) is 6.54 Å². The SMILES string of the molecule is CCC(C)[C@H](N)C(=O)NCC1CCCC1C. The van der Waals surface area contributed by atoms with Gasteiger partial charge in [0, 0.05) is 6.54 Å². The first-order valence-electron chi connectivity index (χ1n) is 6.59. The standard InChI is InChI=1S/C13H26N2O/c1-4-9(2)12(14)13(16)15-8-11-7-5-6-10(11)3/h9-12H,4-8,14H2,1-3H3,(H,15,16)/t9?,10?,11?,12-/m0/s1. The van der Waals surface area contributed by atoms with Crippen LogP contribution in [-0.2, 0) is 4.79 Å². The molecule has 0 aromatic carbocycles. The molecular formula is C13H26N2O. The fourth-order valence-corrected chi connectivity index (χ4v) is 2.39. The largest absolute Gasteiger partial charge is 0.354 e. The highest BCUT2D eigenvalue weighted by atomic mass is 16.2. The zero-order valence-electron chi connectivity index (χ0n) is 10.8. The maximum absolute atomic E-state index is 11.8. The van der Waals surface area contributed by atoms with Gasteiger partial charge in [0.25, 0.3) is 0 Å². The van der Waals surface area contributed by atoms with Gasteiger partial charge in [-0.15, -0.1) is 0 Å². The molecule has 1 saturated carbocycles. The minimum Gasteiger partial charge on any atom is -0.354 e. The lowest BCUT2D eigenvalue weighted by molar-refractivity contribution is -0.123. The first kappa shape index (κ1) is 13.5. The van der Waals surface area contributed by atoms with Crippen LogP contribution in [0.2, 0.25) is 0 Å². The van der Waals surface area contributed by atoms with Crippen molar-refractivity contribution in [2.45, 2.75) is 52.5 Å². The number of carbonyl (C=O) groups is 1. The van der Waals surface area contributed by atoms with Crippen molar-refractivity contribution in [2.24, 2.45) is 23.5 Å². The van der Waals surface area contributed by atoms with E-state index in [2.05, 4.69) is 19.2 Å². The molecule has 0 heterocycles. The second-order valence-electron chi connectivity index (χ2n) is 5.32. The summed E-state index contributed by atoms with van der Waals surface area (Å²) in [7, 11) is 0. The molecule has 0 radical (unpaired) electrons. The molecule has 1 amide bonds. The van der Waals surface area contributed by atoms with Crippen molar-refractivity contribution in [3.8, 4) is 0 Å². The van der Waals surface area contributed by atoms with Crippen LogP contribution in [0.4, 0.5) is 0 Å². The topological polar surface area (TPSA) is 55.1 Å². The van der Waals surface area contributed by atoms with Gasteiger partial charge >= 0.3 is 0 Å².